The van der Waals surface area contributed by atoms with Gasteiger partial charge in [0.1, 0.15) is 5.75 Å². The average molecular weight is 248 g/mol. The molecule has 0 saturated heterocycles. The summed E-state index contributed by atoms with van der Waals surface area (Å²) in [6, 6.07) is 4.62. The molecule has 0 aliphatic carbocycles. The van der Waals surface area contributed by atoms with E-state index in [1.54, 1.807) is 0 Å². The highest BCUT2D eigenvalue weighted by atomic mass is 19.4. The van der Waals surface area contributed by atoms with Gasteiger partial charge in [0.2, 0.25) is 0 Å². The normalized spacial score (nSPS) is 10.9. The Labute approximate surface area is 96.0 Å². The molecule has 0 saturated carbocycles. The largest absolute Gasteiger partial charge is 0.573 e. The number of halogens is 3. The van der Waals surface area contributed by atoms with Gasteiger partial charge in [-0.3, -0.25) is 0 Å². The molecule has 0 aromatic heterocycles. The van der Waals surface area contributed by atoms with E-state index in [9.17, 15) is 18.0 Å². The molecule has 7 heteroatoms. The van der Waals surface area contributed by atoms with Crippen molar-refractivity contribution < 1.29 is 22.7 Å². The van der Waals surface area contributed by atoms with Crippen molar-refractivity contribution in [1.82, 2.24) is 4.90 Å². The number of benzene rings is 1. The molecule has 1 aromatic carbocycles. The minimum atomic E-state index is -4.75. The van der Waals surface area contributed by atoms with Crippen molar-refractivity contribution >= 4 is 11.7 Å². The molecule has 17 heavy (non-hydrogen) atoms. The van der Waals surface area contributed by atoms with Crippen LogP contribution in [0.3, 0.4) is 0 Å². The van der Waals surface area contributed by atoms with Crippen molar-refractivity contribution in [2.24, 2.45) is 0 Å². The van der Waals surface area contributed by atoms with Gasteiger partial charge in [0.25, 0.3) is 0 Å². The number of rotatable bonds is 2. The molecule has 2 amide bonds. The molecule has 0 spiro atoms. The average Bonchev–Trinajstić information content (AvgIpc) is 2.15. The number of anilines is 1. The number of alkyl halides is 3. The summed E-state index contributed by atoms with van der Waals surface area (Å²) in [6.45, 7) is 0. The van der Waals surface area contributed by atoms with E-state index < -0.39 is 12.4 Å². The summed E-state index contributed by atoms with van der Waals surface area (Å²) in [5, 5.41) is 2.41. The van der Waals surface area contributed by atoms with E-state index in [0.717, 1.165) is 12.1 Å². The summed E-state index contributed by atoms with van der Waals surface area (Å²) in [6.07, 6.45) is -4.75. The highest BCUT2D eigenvalue weighted by Gasteiger charge is 2.31. The van der Waals surface area contributed by atoms with Gasteiger partial charge in [-0.05, 0) is 12.1 Å². The number of amides is 2. The van der Waals surface area contributed by atoms with Crippen LogP contribution < -0.4 is 10.1 Å². The van der Waals surface area contributed by atoms with Crippen molar-refractivity contribution in [1.29, 1.82) is 0 Å². The lowest BCUT2D eigenvalue weighted by atomic mass is 10.3. The summed E-state index contributed by atoms with van der Waals surface area (Å²) in [4.78, 5) is 12.5. The highest BCUT2D eigenvalue weighted by Crippen LogP contribution is 2.24. The van der Waals surface area contributed by atoms with Crippen molar-refractivity contribution in [3.63, 3.8) is 0 Å². The number of urea groups is 1. The molecular formula is C10H11F3N2O2. The number of hydrogen-bond acceptors (Lipinski definition) is 2. The molecule has 1 N–H and O–H groups in total. The fraction of sp³-hybridized carbons (Fsp3) is 0.300. The van der Waals surface area contributed by atoms with Gasteiger partial charge in [0.15, 0.2) is 0 Å². The molecule has 0 heterocycles. The fourth-order valence-electron chi connectivity index (χ4n) is 1.01. The Bertz CT molecular complexity index is 405. The highest BCUT2D eigenvalue weighted by molar-refractivity contribution is 5.89. The predicted octanol–water partition coefficient (Wildman–Crippen LogP) is 2.68. The van der Waals surface area contributed by atoms with Gasteiger partial charge in [-0.15, -0.1) is 13.2 Å². The van der Waals surface area contributed by atoms with Crippen LogP contribution in [0.2, 0.25) is 0 Å². The minimum absolute atomic E-state index is 0.227. The molecule has 0 unspecified atom stereocenters. The van der Waals surface area contributed by atoms with Gasteiger partial charge >= 0.3 is 12.4 Å². The van der Waals surface area contributed by atoms with Gasteiger partial charge in [0, 0.05) is 25.8 Å². The third kappa shape index (κ3) is 4.62. The van der Waals surface area contributed by atoms with Gasteiger partial charge in [-0.25, -0.2) is 4.79 Å². The Morgan fingerprint density at radius 3 is 2.53 bits per heavy atom. The van der Waals surface area contributed by atoms with Gasteiger partial charge < -0.3 is 15.0 Å². The van der Waals surface area contributed by atoms with Crippen LogP contribution in [0.25, 0.3) is 0 Å². The first-order valence-corrected chi connectivity index (χ1v) is 4.62. The maximum atomic E-state index is 11.9. The lowest BCUT2D eigenvalue weighted by molar-refractivity contribution is -0.274. The maximum Gasteiger partial charge on any atom is 0.573 e. The smallest absolute Gasteiger partial charge is 0.406 e. The zero-order valence-electron chi connectivity index (χ0n) is 9.21. The quantitative estimate of drug-likeness (QED) is 0.874. The van der Waals surface area contributed by atoms with Crippen LogP contribution in [0.15, 0.2) is 24.3 Å². The number of nitrogens with zero attached hydrogens (tertiary/aromatic N) is 1. The topological polar surface area (TPSA) is 41.6 Å². The first kappa shape index (κ1) is 13.1. The molecule has 4 nitrogen and oxygen atoms in total. The number of carbonyl (C=O) groups excluding carboxylic acids is 1. The van der Waals surface area contributed by atoms with Crippen molar-refractivity contribution in [2.75, 3.05) is 19.4 Å². The predicted molar refractivity (Wildman–Crippen MR) is 55.8 cm³/mol. The number of carbonyl (C=O) groups is 1. The third-order valence-electron chi connectivity index (χ3n) is 1.73. The van der Waals surface area contributed by atoms with Crippen LogP contribution in [0, 0.1) is 0 Å². The second-order valence-electron chi connectivity index (χ2n) is 3.40. The minimum Gasteiger partial charge on any atom is -0.406 e. The zero-order valence-corrected chi connectivity index (χ0v) is 9.21. The lowest BCUT2D eigenvalue weighted by Gasteiger charge is -2.13. The molecule has 0 atom stereocenters. The Kier molecular flexibility index (Phi) is 3.82. The Morgan fingerprint density at radius 2 is 2.00 bits per heavy atom. The summed E-state index contributed by atoms with van der Waals surface area (Å²) < 4.78 is 39.6. The Morgan fingerprint density at radius 1 is 1.35 bits per heavy atom. The SMILES string of the molecule is CN(C)C(=O)Nc1cccc(OC(F)(F)F)c1. The zero-order chi connectivity index (χ0) is 13.1. The Balaban J connectivity index is 2.76. The standard InChI is InChI=1S/C10H11F3N2O2/c1-15(2)9(16)14-7-4-3-5-8(6-7)17-10(11,12)13/h3-6H,1-2H3,(H,14,16). The summed E-state index contributed by atoms with van der Waals surface area (Å²) in [5.74, 6) is -0.381. The summed E-state index contributed by atoms with van der Waals surface area (Å²) >= 11 is 0. The van der Waals surface area contributed by atoms with E-state index >= 15 is 0 Å². The Hall–Kier alpha value is -1.92. The first-order valence-electron chi connectivity index (χ1n) is 4.62. The maximum absolute atomic E-state index is 11.9. The second-order valence-corrected chi connectivity index (χ2v) is 3.40. The van der Waals surface area contributed by atoms with Crippen molar-refractivity contribution in [2.45, 2.75) is 6.36 Å². The van der Waals surface area contributed by atoms with E-state index in [0.29, 0.717) is 0 Å². The fourth-order valence-corrected chi connectivity index (χ4v) is 1.01. The van der Waals surface area contributed by atoms with E-state index in [1.807, 2.05) is 0 Å². The van der Waals surface area contributed by atoms with Gasteiger partial charge in [0.05, 0.1) is 0 Å². The van der Waals surface area contributed by atoms with Crippen LogP contribution >= 0.6 is 0 Å². The molecule has 0 bridgehead atoms. The van der Waals surface area contributed by atoms with E-state index in [-0.39, 0.29) is 11.4 Å². The van der Waals surface area contributed by atoms with Crippen LogP contribution in [0.4, 0.5) is 23.7 Å². The molecule has 0 fully saturated rings. The summed E-state index contributed by atoms with van der Waals surface area (Å²) in [5.41, 5.74) is 0.227. The summed E-state index contributed by atoms with van der Waals surface area (Å²) in [7, 11) is 3.04. The first-order chi connectivity index (χ1) is 7.78. The van der Waals surface area contributed by atoms with Crippen LogP contribution in [-0.2, 0) is 0 Å². The lowest BCUT2D eigenvalue weighted by Crippen LogP contribution is -2.27. The molecule has 94 valence electrons. The number of hydrogen-bond donors (Lipinski definition) is 1. The second kappa shape index (κ2) is 4.94. The molecule has 0 aliphatic heterocycles. The van der Waals surface area contributed by atoms with E-state index in [1.165, 1.54) is 31.1 Å². The van der Waals surface area contributed by atoms with Crippen molar-refractivity contribution in [3.8, 4) is 5.75 Å². The van der Waals surface area contributed by atoms with Crippen LogP contribution in [0.1, 0.15) is 0 Å². The molecule has 1 rings (SSSR count). The number of ether oxygens (including phenoxy) is 1. The van der Waals surface area contributed by atoms with Crippen LogP contribution in [0.5, 0.6) is 5.75 Å². The molecule has 0 radical (unpaired) electrons. The van der Waals surface area contributed by atoms with Crippen molar-refractivity contribution in [3.05, 3.63) is 24.3 Å². The molecular weight excluding hydrogens is 237 g/mol. The van der Waals surface area contributed by atoms with E-state index in [4.69, 9.17) is 0 Å². The number of nitrogens with one attached hydrogen (secondary N) is 1. The molecule has 1 aromatic rings. The van der Waals surface area contributed by atoms with Crippen LogP contribution in [-0.4, -0.2) is 31.4 Å². The third-order valence-corrected chi connectivity index (χ3v) is 1.73. The monoisotopic (exact) mass is 248 g/mol. The van der Waals surface area contributed by atoms with Gasteiger partial charge in [-0.2, -0.15) is 0 Å². The molecule has 0 aliphatic rings. The van der Waals surface area contributed by atoms with E-state index in [2.05, 4.69) is 10.1 Å². The van der Waals surface area contributed by atoms with Gasteiger partial charge in [-0.1, -0.05) is 6.07 Å².